The molecule has 0 atom stereocenters. The molecular weight excluding hydrogens is 380 g/mol. The van der Waals surface area contributed by atoms with Crippen LogP contribution in [0.5, 0.6) is 0 Å². The monoisotopic (exact) mass is 389 g/mol. The van der Waals surface area contributed by atoms with Gasteiger partial charge in [-0.05, 0) is 57.9 Å². The Morgan fingerprint density at radius 3 is 2.79 bits per heavy atom. The van der Waals surface area contributed by atoms with Gasteiger partial charge in [-0.2, -0.15) is 5.26 Å². The maximum Gasteiger partial charge on any atom is 0.326 e. The van der Waals surface area contributed by atoms with E-state index < -0.39 is 17.7 Å². The van der Waals surface area contributed by atoms with Crippen LogP contribution in [-0.2, 0) is 6.54 Å². The van der Waals surface area contributed by atoms with Crippen molar-refractivity contribution in [2.45, 2.75) is 6.54 Å². The van der Waals surface area contributed by atoms with Crippen molar-refractivity contribution in [3.05, 3.63) is 69.8 Å². The van der Waals surface area contributed by atoms with E-state index in [0.29, 0.717) is 20.9 Å². The summed E-state index contributed by atoms with van der Waals surface area (Å²) in [4.78, 5) is 12.3. The lowest BCUT2D eigenvalue weighted by atomic mass is 10.1. The molecular formula is C17H10BrF2N3O. The largest absolute Gasteiger partial charge is 0.333 e. The third kappa shape index (κ3) is 3.14. The van der Waals surface area contributed by atoms with Crippen LogP contribution < -0.4 is 5.32 Å². The van der Waals surface area contributed by atoms with Gasteiger partial charge in [0.05, 0.1) is 21.6 Å². The molecule has 3 aromatic rings. The molecule has 0 unspecified atom stereocenters. The molecule has 0 bridgehead atoms. The van der Waals surface area contributed by atoms with Crippen LogP contribution in [0.15, 0.2) is 47.1 Å². The first-order valence-electron chi connectivity index (χ1n) is 6.92. The quantitative estimate of drug-likeness (QED) is 0.709. The van der Waals surface area contributed by atoms with Gasteiger partial charge in [-0.3, -0.25) is 4.57 Å². The van der Waals surface area contributed by atoms with Crippen molar-refractivity contribution in [2.24, 2.45) is 0 Å². The van der Waals surface area contributed by atoms with E-state index in [4.69, 9.17) is 5.26 Å². The number of hydrogen-bond acceptors (Lipinski definition) is 2. The summed E-state index contributed by atoms with van der Waals surface area (Å²) in [7, 11) is 0. The summed E-state index contributed by atoms with van der Waals surface area (Å²) in [6.07, 6.45) is 1.53. The van der Waals surface area contributed by atoms with E-state index in [1.807, 2.05) is 6.07 Å². The molecule has 2 aromatic carbocycles. The van der Waals surface area contributed by atoms with Crippen LogP contribution >= 0.6 is 15.9 Å². The number of carbonyl (C=O) groups is 1. The number of halogens is 3. The third-order valence-electron chi connectivity index (χ3n) is 3.48. The van der Waals surface area contributed by atoms with Crippen molar-refractivity contribution >= 4 is 32.9 Å². The number of aromatic nitrogens is 1. The number of rotatable bonds is 2. The van der Waals surface area contributed by atoms with E-state index in [0.717, 1.165) is 6.07 Å². The van der Waals surface area contributed by atoms with E-state index in [-0.39, 0.29) is 12.1 Å². The van der Waals surface area contributed by atoms with Crippen molar-refractivity contribution in [3.8, 4) is 6.07 Å². The van der Waals surface area contributed by atoms with E-state index in [1.54, 1.807) is 12.1 Å². The van der Waals surface area contributed by atoms with Gasteiger partial charge in [-0.25, -0.2) is 13.6 Å². The van der Waals surface area contributed by atoms with Crippen LogP contribution in [0.25, 0.3) is 10.9 Å². The van der Waals surface area contributed by atoms with Crippen LogP contribution in [0, 0.1) is 23.0 Å². The molecule has 0 spiro atoms. The van der Waals surface area contributed by atoms with Crippen LogP contribution in [0.1, 0.15) is 11.1 Å². The van der Waals surface area contributed by atoms with Crippen molar-refractivity contribution in [2.75, 3.05) is 0 Å². The first-order chi connectivity index (χ1) is 11.5. The second kappa shape index (κ2) is 6.42. The van der Waals surface area contributed by atoms with Gasteiger partial charge in [-0.15, -0.1) is 0 Å². The zero-order chi connectivity index (χ0) is 17.3. The van der Waals surface area contributed by atoms with Crippen LogP contribution in [0.3, 0.4) is 0 Å². The van der Waals surface area contributed by atoms with Crippen LogP contribution in [0.2, 0.25) is 0 Å². The highest BCUT2D eigenvalue weighted by Gasteiger charge is 2.11. The predicted molar refractivity (Wildman–Crippen MR) is 88.3 cm³/mol. The number of amides is 1. The maximum absolute atomic E-state index is 13.7. The highest BCUT2D eigenvalue weighted by molar-refractivity contribution is 9.10. The van der Waals surface area contributed by atoms with E-state index in [9.17, 15) is 13.6 Å². The molecule has 1 heterocycles. The topological polar surface area (TPSA) is 57.8 Å². The Hall–Kier alpha value is -2.72. The van der Waals surface area contributed by atoms with Crippen LogP contribution in [0.4, 0.5) is 13.6 Å². The summed E-state index contributed by atoms with van der Waals surface area (Å²) in [5, 5.41) is 12.2. The molecule has 7 heteroatoms. The lowest BCUT2D eigenvalue weighted by molar-refractivity contribution is 0.243. The van der Waals surface area contributed by atoms with Crippen molar-refractivity contribution in [3.63, 3.8) is 0 Å². The molecule has 120 valence electrons. The molecule has 1 aromatic heterocycles. The minimum absolute atomic E-state index is 0.0456. The normalized spacial score (nSPS) is 10.6. The van der Waals surface area contributed by atoms with Gasteiger partial charge in [0.2, 0.25) is 0 Å². The minimum Gasteiger partial charge on any atom is -0.333 e. The van der Waals surface area contributed by atoms with Gasteiger partial charge >= 0.3 is 6.03 Å². The molecule has 0 saturated carbocycles. The summed E-state index contributed by atoms with van der Waals surface area (Å²) in [6.45, 7) is 0.0456. The van der Waals surface area contributed by atoms with E-state index >= 15 is 0 Å². The predicted octanol–water partition coefficient (Wildman–Crippen LogP) is 4.31. The molecule has 0 saturated heterocycles. The maximum atomic E-state index is 13.7. The zero-order valence-corrected chi connectivity index (χ0v) is 13.8. The lowest BCUT2D eigenvalue weighted by Gasteiger charge is -2.08. The van der Waals surface area contributed by atoms with Gasteiger partial charge in [0, 0.05) is 18.1 Å². The molecule has 0 radical (unpaired) electrons. The number of nitriles is 1. The number of benzene rings is 2. The Balaban J connectivity index is 1.82. The van der Waals surface area contributed by atoms with E-state index in [2.05, 4.69) is 21.2 Å². The standard InChI is InChI=1S/C17H10BrF2N3O/c18-14-6-12-1-2-23(16(12)7-15(14)20)17(24)22-9-11-3-10(8-21)4-13(19)5-11/h1-7H,9H2,(H,22,24). The van der Waals surface area contributed by atoms with Gasteiger partial charge < -0.3 is 5.32 Å². The van der Waals surface area contributed by atoms with Gasteiger partial charge in [0.25, 0.3) is 0 Å². The highest BCUT2D eigenvalue weighted by Crippen LogP contribution is 2.24. The van der Waals surface area contributed by atoms with Crippen molar-refractivity contribution in [1.82, 2.24) is 9.88 Å². The summed E-state index contributed by atoms with van der Waals surface area (Å²) in [5.41, 5.74) is 1.06. The lowest BCUT2D eigenvalue weighted by Crippen LogP contribution is -2.27. The molecule has 1 N–H and O–H groups in total. The second-order valence-corrected chi connectivity index (χ2v) is 5.98. The van der Waals surface area contributed by atoms with E-state index in [1.165, 1.54) is 29.0 Å². The molecule has 4 nitrogen and oxygen atoms in total. The number of fused-ring (bicyclic) bond motifs is 1. The summed E-state index contributed by atoms with van der Waals surface area (Å²) < 4.78 is 28.7. The van der Waals surface area contributed by atoms with Gasteiger partial charge in [0.15, 0.2) is 0 Å². The third-order valence-corrected chi connectivity index (χ3v) is 4.09. The molecule has 24 heavy (non-hydrogen) atoms. The number of hydrogen-bond donors (Lipinski definition) is 1. The smallest absolute Gasteiger partial charge is 0.326 e. The van der Waals surface area contributed by atoms with Gasteiger partial charge in [0.1, 0.15) is 11.6 Å². The Kier molecular flexibility index (Phi) is 4.32. The summed E-state index contributed by atoms with van der Waals surface area (Å²) >= 11 is 3.10. The SMILES string of the molecule is N#Cc1cc(F)cc(CNC(=O)n2ccc3cc(Br)c(F)cc32)c1. The Labute approximate surface area is 144 Å². The molecule has 0 aliphatic carbocycles. The number of nitrogens with one attached hydrogen (secondary N) is 1. The first-order valence-corrected chi connectivity index (χ1v) is 7.71. The fraction of sp³-hybridized carbons (Fsp3) is 0.0588. The Morgan fingerprint density at radius 1 is 1.25 bits per heavy atom. The fourth-order valence-corrected chi connectivity index (χ4v) is 2.75. The molecule has 0 aliphatic rings. The molecule has 0 fully saturated rings. The summed E-state index contributed by atoms with van der Waals surface area (Å²) in [6, 6.07) is 9.76. The van der Waals surface area contributed by atoms with Gasteiger partial charge in [-0.1, -0.05) is 0 Å². The average molecular weight is 390 g/mol. The summed E-state index contributed by atoms with van der Waals surface area (Å²) in [5.74, 6) is -1.02. The number of nitrogens with zero attached hydrogens (tertiary/aromatic N) is 2. The van der Waals surface area contributed by atoms with Crippen LogP contribution in [-0.4, -0.2) is 10.6 Å². The first kappa shape index (κ1) is 16.1. The Bertz CT molecular complexity index is 991. The zero-order valence-electron chi connectivity index (χ0n) is 12.2. The Morgan fingerprint density at radius 2 is 2.04 bits per heavy atom. The van der Waals surface area contributed by atoms with Crippen molar-refractivity contribution < 1.29 is 13.6 Å². The van der Waals surface area contributed by atoms with Crippen molar-refractivity contribution in [1.29, 1.82) is 5.26 Å². The molecule has 0 aliphatic heterocycles. The fourth-order valence-electron chi connectivity index (χ4n) is 2.39. The average Bonchev–Trinajstić information content (AvgIpc) is 2.95. The highest BCUT2D eigenvalue weighted by atomic mass is 79.9. The number of carbonyl (C=O) groups excluding carboxylic acids is 1. The molecule has 3 rings (SSSR count). The minimum atomic E-state index is -0.545. The second-order valence-electron chi connectivity index (χ2n) is 5.13. The molecule has 1 amide bonds.